The SMILES string of the molecule is CC(CCC(=O)O)CNS(=O)(=O)c1cccc(C#N)c1. The fourth-order valence-electron chi connectivity index (χ4n) is 1.54. The molecule has 1 unspecified atom stereocenters. The summed E-state index contributed by atoms with van der Waals surface area (Å²) >= 11 is 0. The van der Waals surface area contributed by atoms with Crippen LogP contribution in [0.2, 0.25) is 0 Å². The van der Waals surface area contributed by atoms with E-state index in [1.165, 1.54) is 24.3 Å². The molecule has 0 aliphatic heterocycles. The molecule has 1 rings (SSSR count). The molecule has 1 aromatic rings. The first-order chi connectivity index (χ1) is 9.35. The smallest absolute Gasteiger partial charge is 0.303 e. The molecule has 7 heteroatoms. The highest BCUT2D eigenvalue weighted by atomic mass is 32.2. The summed E-state index contributed by atoms with van der Waals surface area (Å²) in [5.74, 6) is -0.985. The Balaban J connectivity index is 2.66. The average molecular weight is 296 g/mol. The Hall–Kier alpha value is -1.91. The minimum atomic E-state index is -3.68. The van der Waals surface area contributed by atoms with E-state index in [2.05, 4.69) is 4.72 Å². The van der Waals surface area contributed by atoms with E-state index in [1.54, 1.807) is 6.92 Å². The number of benzene rings is 1. The van der Waals surface area contributed by atoms with Gasteiger partial charge in [0.1, 0.15) is 0 Å². The highest BCUT2D eigenvalue weighted by Crippen LogP contribution is 2.12. The highest BCUT2D eigenvalue weighted by Gasteiger charge is 2.16. The van der Waals surface area contributed by atoms with Crippen molar-refractivity contribution >= 4 is 16.0 Å². The number of nitrogens with one attached hydrogen (secondary N) is 1. The number of hydrogen-bond acceptors (Lipinski definition) is 4. The summed E-state index contributed by atoms with van der Waals surface area (Å²) in [7, 11) is -3.68. The third-order valence-electron chi connectivity index (χ3n) is 2.75. The van der Waals surface area contributed by atoms with Crippen molar-refractivity contribution in [3.8, 4) is 6.07 Å². The Morgan fingerprint density at radius 2 is 2.20 bits per heavy atom. The maximum Gasteiger partial charge on any atom is 0.303 e. The molecule has 0 spiro atoms. The van der Waals surface area contributed by atoms with E-state index in [4.69, 9.17) is 10.4 Å². The summed E-state index contributed by atoms with van der Waals surface area (Å²) in [4.78, 5) is 10.5. The topological polar surface area (TPSA) is 107 Å². The van der Waals surface area contributed by atoms with E-state index in [0.717, 1.165) is 0 Å². The average Bonchev–Trinajstić information content (AvgIpc) is 2.43. The van der Waals surface area contributed by atoms with E-state index < -0.39 is 16.0 Å². The fourth-order valence-corrected chi connectivity index (χ4v) is 2.75. The van der Waals surface area contributed by atoms with Gasteiger partial charge in [-0.1, -0.05) is 13.0 Å². The number of rotatable bonds is 7. The molecule has 1 atom stereocenters. The first kappa shape index (κ1) is 16.1. The molecule has 6 nitrogen and oxygen atoms in total. The number of sulfonamides is 1. The minimum Gasteiger partial charge on any atom is -0.481 e. The number of carboxylic acids is 1. The second-order valence-corrected chi connectivity index (χ2v) is 6.30. The molecule has 0 heterocycles. The molecular formula is C13H16N2O4S. The van der Waals surface area contributed by atoms with Crippen molar-refractivity contribution in [3.63, 3.8) is 0 Å². The van der Waals surface area contributed by atoms with Crippen LogP contribution in [0.3, 0.4) is 0 Å². The first-order valence-electron chi connectivity index (χ1n) is 6.07. The van der Waals surface area contributed by atoms with Crippen LogP contribution in [-0.2, 0) is 14.8 Å². The Labute approximate surface area is 118 Å². The lowest BCUT2D eigenvalue weighted by atomic mass is 10.1. The van der Waals surface area contributed by atoms with E-state index in [-0.39, 0.29) is 29.3 Å². The number of carboxylic acid groups (broad SMARTS) is 1. The molecule has 2 N–H and O–H groups in total. The highest BCUT2D eigenvalue weighted by molar-refractivity contribution is 7.89. The van der Waals surface area contributed by atoms with E-state index >= 15 is 0 Å². The quantitative estimate of drug-likeness (QED) is 0.789. The van der Waals surface area contributed by atoms with Crippen molar-refractivity contribution in [1.29, 1.82) is 5.26 Å². The zero-order chi connectivity index (χ0) is 15.2. The van der Waals surface area contributed by atoms with Gasteiger partial charge in [0.15, 0.2) is 0 Å². The molecule has 0 bridgehead atoms. The molecule has 0 amide bonds. The van der Waals surface area contributed by atoms with Gasteiger partial charge in [-0.2, -0.15) is 5.26 Å². The van der Waals surface area contributed by atoms with Crippen molar-refractivity contribution < 1.29 is 18.3 Å². The monoisotopic (exact) mass is 296 g/mol. The van der Waals surface area contributed by atoms with Crippen molar-refractivity contribution in [3.05, 3.63) is 29.8 Å². The van der Waals surface area contributed by atoms with E-state index in [1.807, 2.05) is 6.07 Å². The van der Waals surface area contributed by atoms with Crippen molar-refractivity contribution in [2.45, 2.75) is 24.7 Å². The number of nitrogens with zero attached hydrogens (tertiary/aromatic N) is 1. The van der Waals surface area contributed by atoms with Crippen LogP contribution in [0.5, 0.6) is 0 Å². The van der Waals surface area contributed by atoms with Gasteiger partial charge in [0.2, 0.25) is 10.0 Å². The van der Waals surface area contributed by atoms with Crippen LogP contribution in [0.15, 0.2) is 29.2 Å². The van der Waals surface area contributed by atoms with Crippen molar-refractivity contribution in [2.24, 2.45) is 5.92 Å². The third kappa shape index (κ3) is 4.99. The molecule has 20 heavy (non-hydrogen) atoms. The molecule has 0 saturated carbocycles. The second-order valence-electron chi connectivity index (χ2n) is 4.53. The maximum absolute atomic E-state index is 12.0. The number of aliphatic carboxylic acids is 1. The largest absolute Gasteiger partial charge is 0.481 e. The van der Waals surface area contributed by atoms with Gasteiger partial charge in [0, 0.05) is 13.0 Å². The summed E-state index contributed by atoms with van der Waals surface area (Å²) in [5.41, 5.74) is 0.270. The fraction of sp³-hybridized carbons (Fsp3) is 0.385. The Bertz CT molecular complexity index is 620. The first-order valence-corrected chi connectivity index (χ1v) is 7.55. The molecule has 0 aromatic heterocycles. The zero-order valence-corrected chi connectivity index (χ0v) is 11.9. The van der Waals surface area contributed by atoms with Gasteiger partial charge in [0.25, 0.3) is 0 Å². The standard InChI is InChI=1S/C13H16N2O4S/c1-10(5-6-13(16)17)9-15-20(18,19)12-4-2-3-11(7-12)8-14/h2-4,7,10,15H,5-6,9H2,1H3,(H,16,17). The number of carbonyl (C=O) groups is 1. The lowest BCUT2D eigenvalue weighted by Gasteiger charge is -2.12. The van der Waals surface area contributed by atoms with Crippen molar-refractivity contribution in [2.75, 3.05) is 6.54 Å². The molecular weight excluding hydrogens is 280 g/mol. The van der Waals surface area contributed by atoms with E-state index in [0.29, 0.717) is 6.42 Å². The zero-order valence-electron chi connectivity index (χ0n) is 11.0. The maximum atomic E-state index is 12.0. The lowest BCUT2D eigenvalue weighted by molar-refractivity contribution is -0.137. The summed E-state index contributed by atoms with van der Waals surface area (Å²) < 4.78 is 26.4. The number of nitriles is 1. The Kier molecular flexibility index (Phi) is 5.67. The predicted molar refractivity (Wildman–Crippen MR) is 72.4 cm³/mol. The van der Waals surface area contributed by atoms with Crippen molar-refractivity contribution in [1.82, 2.24) is 4.72 Å². The molecule has 0 aliphatic carbocycles. The molecule has 108 valence electrons. The predicted octanol–water partition coefficient (Wildman–Crippen LogP) is 1.34. The molecule has 1 aromatic carbocycles. The van der Waals surface area contributed by atoms with Gasteiger partial charge in [0.05, 0.1) is 16.5 Å². The van der Waals surface area contributed by atoms with Gasteiger partial charge in [-0.05, 0) is 30.5 Å². The van der Waals surface area contributed by atoms with Gasteiger partial charge in [-0.15, -0.1) is 0 Å². The normalized spacial score (nSPS) is 12.6. The van der Waals surface area contributed by atoms with E-state index in [9.17, 15) is 13.2 Å². The number of hydrogen-bond donors (Lipinski definition) is 2. The minimum absolute atomic E-state index is 0.00676. The Morgan fingerprint density at radius 1 is 1.50 bits per heavy atom. The third-order valence-corrected chi connectivity index (χ3v) is 4.17. The van der Waals surface area contributed by atoms with Crippen LogP contribution in [0.1, 0.15) is 25.3 Å². The molecule has 0 fully saturated rings. The van der Waals surface area contributed by atoms with Gasteiger partial charge in [-0.3, -0.25) is 4.79 Å². The van der Waals surface area contributed by atoms with Gasteiger partial charge < -0.3 is 5.11 Å². The molecule has 0 saturated heterocycles. The molecule has 0 radical (unpaired) electrons. The second kappa shape index (κ2) is 7.03. The van der Waals surface area contributed by atoms with Crippen LogP contribution >= 0.6 is 0 Å². The van der Waals surface area contributed by atoms with Crippen LogP contribution in [-0.4, -0.2) is 26.0 Å². The lowest BCUT2D eigenvalue weighted by Crippen LogP contribution is -2.28. The van der Waals surface area contributed by atoms with Crippen LogP contribution in [0, 0.1) is 17.2 Å². The summed E-state index contributed by atoms with van der Waals surface area (Å²) in [5, 5.41) is 17.3. The molecule has 0 aliphatic rings. The van der Waals surface area contributed by atoms with Crippen LogP contribution in [0.4, 0.5) is 0 Å². The van der Waals surface area contributed by atoms with Gasteiger partial charge in [-0.25, -0.2) is 13.1 Å². The van der Waals surface area contributed by atoms with Gasteiger partial charge >= 0.3 is 5.97 Å². The van der Waals surface area contributed by atoms with Crippen LogP contribution in [0.25, 0.3) is 0 Å². The van der Waals surface area contributed by atoms with Crippen LogP contribution < -0.4 is 4.72 Å². The summed E-state index contributed by atoms with van der Waals surface area (Å²) in [6.07, 6.45) is 0.406. The summed E-state index contributed by atoms with van der Waals surface area (Å²) in [6, 6.07) is 7.61. The summed E-state index contributed by atoms with van der Waals surface area (Å²) in [6.45, 7) is 1.93. The Morgan fingerprint density at radius 3 is 2.80 bits per heavy atom.